The van der Waals surface area contributed by atoms with Crippen LogP contribution in [0.3, 0.4) is 0 Å². The van der Waals surface area contributed by atoms with Crippen LogP contribution < -0.4 is 0 Å². The smallest absolute Gasteiger partial charge is 0.308 e. The Bertz CT molecular complexity index is 553. The van der Waals surface area contributed by atoms with Gasteiger partial charge in [0.05, 0.1) is 17.2 Å². The molecule has 0 aliphatic carbocycles. The van der Waals surface area contributed by atoms with E-state index in [9.17, 15) is 14.7 Å². The van der Waals surface area contributed by atoms with Gasteiger partial charge >= 0.3 is 5.97 Å². The number of carbonyl (C=O) groups is 2. The third kappa shape index (κ3) is 3.67. The van der Waals surface area contributed by atoms with Crippen molar-refractivity contribution in [3.63, 3.8) is 0 Å². The summed E-state index contributed by atoms with van der Waals surface area (Å²) in [5.74, 6) is -1.19. The van der Waals surface area contributed by atoms with Gasteiger partial charge in [0.2, 0.25) is 0 Å². The van der Waals surface area contributed by atoms with Gasteiger partial charge in [0.15, 0.2) is 0 Å². The third-order valence-corrected chi connectivity index (χ3v) is 4.21. The van der Waals surface area contributed by atoms with Crippen molar-refractivity contribution in [1.82, 2.24) is 14.7 Å². The molecule has 122 valence electrons. The Morgan fingerprint density at radius 3 is 2.77 bits per heavy atom. The number of aryl methyl sites for hydroxylation is 2. The summed E-state index contributed by atoms with van der Waals surface area (Å²) >= 11 is 0. The SMILES string of the molecule is CCCCn1cc(C(=O)N2CC(C)CC(C(=O)O)C2)c(C)n1. The molecule has 1 N–H and O–H groups in total. The number of nitrogens with zero attached hydrogens (tertiary/aromatic N) is 3. The molecule has 1 aromatic rings. The zero-order chi connectivity index (χ0) is 16.3. The molecule has 2 rings (SSSR count). The van der Waals surface area contributed by atoms with Crippen LogP contribution in [0.15, 0.2) is 6.20 Å². The summed E-state index contributed by atoms with van der Waals surface area (Å²) in [6, 6.07) is 0. The number of aromatic nitrogens is 2. The molecule has 6 nitrogen and oxygen atoms in total. The van der Waals surface area contributed by atoms with E-state index in [0.717, 1.165) is 19.4 Å². The van der Waals surface area contributed by atoms with Crippen molar-refractivity contribution < 1.29 is 14.7 Å². The van der Waals surface area contributed by atoms with Gasteiger partial charge in [-0.05, 0) is 25.7 Å². The van der Waals surface area contributed by atoms with Crippen molar-refractivity contribution >= 4 is 11.9 Å². The summed E-state index contributed by atoms with van der Waals surface area (Å²) in [6.45, 7) is 7.65. The topological polar surface area (TPSA) is 75.4 Å². The number of carboxylic acid groups (broad SMARTS) is 1. The van der Waals surface area contributed by atoms with Crippen LogP contribution in [-0.2, 0) is 11.3 Å². The van der Waals surface area contributed by atoms with Gasteiger partial charge in [0, 0.05) is 25.8 Å². The van der Waals surface area contributed by atoms with Crippen LogP contribution in [0.25, 0.3) is 0 Å². The maximum absolute atomic E-state index is 12.7. The monoisotopic (exact) mass is 307 g/mol. The van der Waals surface area contributed by atoms with Crippen molar-refractivity contribution in [2.75, 3.05) is 13.1 Å². The highest BCUT2D eigenvalue weighted by atomic mass is 16.4. The standard InChI is InChI=1S/C16H25N3O3/c1-4-5-6-19-10-14(12(3)17-19)15(20)18-8-11(2)7-13(9-18)16(21)22/h10-11,13H,4-9H2,1-3H3,(H,21,22). The number of carboxylic acids is 1. The molecule has 1 saturated heterocycles. The van der Waals surface area contributed by atoms with E-state index >= 15 is 0 Å². The van der Waals surface area contributed by atoms with Gasteiger partial charge in [-0.15, -0.1) is 0 Å². The maximum Gasteiger partial charge on any atom is 0.308 e. The molecule has 0 bridgehead atoms. The molecular formula is C16H25N3O3. The normalized spacial score (nSPS) is 21.9. The highest BCUT2D eigenvalue weighted by molar-refractivity contribution is 5.95. The molecular weight excluding hydrogens is 282 g/mol. The summed E-state index contributed by atoms with van der Waals surface area (Å²) < 4.78 is 1.81. The minimum atomic E-state index is -0.820. The lowest BCUT2D eigenvalue weighted by Crippen LogP contribution is -2.45. The Morgan fingerprint density at radius 1 is 1.41 bits per heavy atom. The number of aliphatic carboxylic acids is 1. The Balaban J connectivity index is 2.13. The van der Waals surface area contributed by atoms with Crippen LogP contribution in [0, 0.1) is 18.8 Å². The zero-order valence-electron chi connectivity index (χ0n) is 13.6. The highest BCUT2D eigenvalue weighted by Gasteiger charge is 2.33. The molecule has 0 spiro atoms. The molecule has 0 aromatic carbocycles. The summed E-state index contributed by atoms with van der Waals surface area (Å²) in [6.07, 6.45) is 4.53. The van der Waals surface area contributed by atoms with E-state index in [2.05, 4.69) is 12.0 Å². The molecule has 2 atom stereocenters. The molecule has 1 aliphatic heterocycles. The van der Waals surface area contributed by atoms with E-state index in [0.29, 0.717) is 24.2 Å². The second-order valence-corrected chi connectivity index (χ2v) is 6.33. The van der Waals surface area contributed by atoms with E-state index in [1.807, 2.05) is 18.5 Å². The lowest BCUT2D eigenvalue weighted by atomic mass is 9.90. The highest BCUT2D eigenvalue weighted by Crippen LogP contribution is 2.24. The number of rotatable bonds is 5. The Hall–Kier alpha value is -1.85. The molecule has 1 aliphatic rings. The van der Waals surface area contributed by atoms with E-state index in [1.165, 1.54) is 0 Å². The molecule has 2 heterocycles. The predicted molar refractivity (Wildman–Crippen MR) is 82.7 cm³/mol. The number of piperidine rings is 1. The molecule has 2 unspecified atom stereocenters. The first-order valence-electron chi connectivity index (χ1n) is 7.98. The number of unbranched alkanes of at least 4 members (excludes halogenated alkanes) is 1. The molecule has 6 heteroatoms. The van der Waals surface area contributed by atoms with Crippen molar-refractivity contribution in [1.29, 1.82) is 0 Å². The number of likely N-dealkylation sites (tertiary alicyclic amines) is 1. The van der Waals surface area contributed by atoms with Crippen LogP contribution in [0.5, 0.6) is 0 Å². The van der Waals surface area contributed by atoms with Crippen molar-refractivity contribution in [2.24, 2.45) is 11.8 Å². The van der Waals surface area contributed by atoms with Gasteiger partial charge in [0.1, 0.15) is 0 Å². The molecule has 1 amide bonds. The van der Waals surface area contributed by atoms with Crippen LogP contribution >= 0.6 is 0 Å². The summed E-state index contributed by atoms with van der Waals surface area (Å²) in [5.41, 5.74) is 1.31. The second-order valence-electron chi connectivity index (χ2n) is 6.33. The first-order chi connectivity index (χ1) is 10.4. The fourth-order valence-corrected chi connectivity index (χ4v) is 3.03. The molecule has 0 radical (unpaired) electrons. The van der Waals surface area contributed by atoms with E-state index < -0.39 is 11.9 Å². The maximum atomic E-state index is 12.7. The summed E-state index contributed by atoms with van der Waals surface area (Å²) in [7, 11) is 0. The number of carbonyl (C=O) groups excluding carboxylic acids is 1. The lowest BCUT2D eigenvalue weighted by molar-refractivity contribution is -0.143. The van der Waals surface area contributed by atoms with Gasteiger partial charge in [-0.3, -0.25) is 14.3 Å². The van der Waals surface area contributed by atoms with Crippen molar-refractivity contribution in [3.05, 3.63) is 17.5 Å². The van der Waals surface area contributed by atoms with Gasteiger partial charge in [-0.25, -0.2) is 0 Å². The first-order valence-corrected chi connectivity index (χ1v) is 7.98. The Morgan fingerprint density at radius 2 is 2.14 bits per heavy atom. The van der Waals surface area contributed by atoms with Crippen LogP contribution in [0.1, 0.15) is 49.2 Å². The van der Waals surface area contributed by atoms with Gasteiger partial charge in [-0.1, -0.05) is 20.3 Å². The zero-order valence-corrected chi connectivity index (χ0v) is 13.6. The fourth-order valence-electron chi connectivity index (χ4n) is 3.03. The van der Waals surface area contributed by atoms with Crippen molar-refractivity contribution in [3.8, 4) is 0 Å². The quantitative estimate of drug-likeness (QED) is 0.904. The molecule has 22 heavy (non-hydrogen) atoms. The van der Waals surface area contributed by atoms with Crippen molar-refractivity contribution in [2.45, 2.75) is 46.6 Å². The van der Waals surface area contributed by atoms with Crippen LogP contribution in [-0.4, -0.2) is 44.8 Å². The number of hydrogen-bond acceptors (Lipinski definition) is 3. The third-order valence-electron chi connectivity index (χ3n) is 4.21. The van der Waals surface area contributed by atoms with E-state index in [4.69, 9.17) is 0 Å². The molecule has 1 fully saturated rings. The van der Waals surface area contributed by atoms with Crippen LogP contribution in [0.4, 0.5) is 0 Å². The van der Waals surface area contributed by atoms with E-state index in [-0.39, 0.29) is 18.4 Å². The number of hydrogen-bond donors (Lipinski definition) is 1. The lowest BCUT2D eigenvalue weighted by Gasteiger charge is -2.34. The average Bonchev–Trinajstić information content (AvgIpc) is 2.84. The van der Waals surface area contributed by atoms with Crippen LogP contribution in [0.2, 0.25) is 0 Å². The average molecular weight is 307 g/mol. The minimum absolute atomic E-state index is 0.0990. The Labute approximate surface area is 131 Å². The number of amides is 1. The largest absolute Gasteiger partial charge is 0.481 e. The molecule has 0 saturated carbocycles. The summed E-state index contributed by atoms with van der Waals surface area (Å²) in [5, 5.41) is 13.6. The Kier molecular flexibility index (Phi) is 5.21. The minimum Gasteiger partial charge on any atom is -0.481 e. The predicted octanol–water partition coefficient (Wildman–Crippen LogP) is 2.17. The van der Waals surface area contributed by atoms with Gasteiger partial charge in [0.25, 0.3) is 5.91 Å². The van der Waals surface area contributed by atoms with Gasteiger partial charge < -0.3 is 10.0 Å². The second kappa shape index (κ2) is 6.94. The summed E-state index contributed by atoms with van der Waals surface area (Å²) in [4.78, 5) is 25.6. The van der Waals surface area contributed by atoms with E-state index in [1.54, 1.807) is 11.1 Å². The van der Waals surface area contributed by atoms with Gasteiger partial charge in [-0.2, -0.15) is 5.10 Å². The first kappa shape index (κ1) is 16.5. The molecule has 1 aromatic heterocycles. The fraction of sp³-hybridized carbons (Fsp3) is 0.688.